The number of hydrogen-bond donors (Lipinski definition) is 4. The molecule has 0 saturated heterocycles. The predicted molar refractivity (Wildman–Crippen MR) is 233 cm³/mol. The number of ether oxygens (including phenoxy) is 3. The number of H-pyrrole nitrogens is 2. The minimum absolute atomic E-state index is 0.203. The molecule has 0 aliphatic carbocycles. The maximum absolute atomic E-state index is 12.4. The van der Waals surface area contributed by atoms with Crippen LogP contribution in [0, 0.1) is 34.5 Å². The molecule has 12 heteroatoms. The summed E-state index contributed by atoms with van der Waals surface area (Å²) < 4.78 is 17.4. The van der Waals surface area contributed by atoms with Crippen molar-refractivity contribution in [3.05, 3.63) is 96.6 Å². The average molecular weight is 797 g/mol. The Morgan fingerprint density at radius 2 is 1.20 bits per heavy atom. The van der Waals surface area contributed by atoms with Crippen molar-refractivity contribution in [1.29, 1.82) is 10.5 Å². The Kier molecular flexibility index (Phi) is 13.7. The lowest BCUT2D eigenvalue weighted by Crippen LogP contribution is -2.52. The van der Waals surface area contributed by atoms with Gasteiger partial charge in [-0.1, -0.05) is 39.8 Å². The van der Waals surface area contributed by atoms with Gasteiger partial charge in [0.2, 0.25) is 0 Å². The van der Waals surface area contributed by atoms with Crippen molar-refractivity contribution in [2.24, 2.45) is 17.6 Å². The van der Waals surface area contributed by atoms with Crippen molar-refractivity contribution in [2.45, 2.75) is 91.8 Å². The summed E-state index contributed by atoms with van der Waals surface area (Å²) in [4.78, 5) is 27.5. The molecular formula is C47H56N8O4. The lowest BCUT2D eigenvalue weighted by Gasteiger charge is -2.33. The summed E-state index contributed by atoms with van der Waals surface area (Å²) in [6.07, 6.45) is 8.29. The van der Waals surface area contributed by atoms with Gasteiger partial charge >= 0.3 is 6.09 Å². The minimum atomic E-state index is -0.663. The zero-order valence-corrected chi connectivity index (χ0v) is 35.6. The maximum Gasteiger partial charge on any atom is 0.408 e. The second kappa shape index (κ2) is 18.5. The number of aromatic amines is 2. The zero-order valence-electron chi connectivity index (χ0n) is 35.6. The molecule has 4 aromatic heterocycles. The van der Waals surface area contributed by atoms with Crippen LogP contribution < -0.4 is 20.5 Å². The molecule has 0 bridgehead atoms. The topological polar surface area (TPSA) is 188 Å². The van der Waals surface area contributed by atoms with E-state index in [0.717, 1.165) is 50.7 Å². The van der Waals surface area contributed by atoms with Crippen molar-refractivity contribution in [3.8, 4) is 45.9 Å². The zero-order chi connectivity index (χ0) is 43.0. The van der Waals surface area contributed by atoms with Crippen LogP contribution in [0.2, 0.25) is 0 Å². The van der Waals surface area contributed by atoms with Gasteiger partial charge in [-0.3, -0.25) is 9.97 Å². The highest BCUT2D eigenvalue weighted by molar-refractivity contribution is 5.93. The summed E-state index contributed by atoms with van der Waals surface area (Å²) in [6, 6.07) is 23.3. The molecule has 0 spiro atoms. The van der Waals surface area contributed by atoms with Crippen molar-refractivity contribution in [2.75, 3.05) is 13.2 Å². The molecule has 2 aromatic carbocycles. The van der Waals surface area contributed by atoms with E-state index in [1.165, 1.54) is 0 Å². The fourth-order valence-corrected chi connectivity index (χ4v) is 7.29. The number of carbonyl (C=O) groups is 1. The summed E-state index contributed by atoms with van der Waals surface area (Å²) in [5, 5.41) is 22.3. The van der Waals surface area contributed by atoms with Gasteiger partial charge in [-0.15, -0.1) is 0 Å². The third-order valence-corrected chi connectivity index (χ3v) is 9.36. The van der Waals surface area contributed by atoms with E-state index in [9.17, 15) is 15.3 Å². The van der Waals surface area contributed by atoms with Gasteiger partial charge in [0.25, 0.3) is 0 Å². The van der Waals surface area contributed by atoms with E-state index < -0.39 is 22.8 Å². The van der Waals surface area contributed by atoms with Gasteiger partial charge in [0.05, 0.1) is 38.7 Å². The van der Waals surface area contributed by atoms with Gasteiger partial charge in [0.1, 0.15) is 42.5 Å². The average Bonchev–Trinajstić information content (AvgIpc) is 3.85. The molecule has 5 N–H and O–H groups in total. The summed E-state index contributed by atoms with van der Waals surface area (Å²) in [6.45, 7) is 18.4. The number of rotatable bonds is 13. The molecular weight excluding hydrogens is 741 g/mol. The normalized spacial score (nSPS) is 13.5. The number of carbonyl (C=O) groups excluding carboxylic acids is 1. The van der Waals surface area contributed by atoms with Crippen LogP contribution in [-0.4, -0.2) is 55.9 Å². The van der Waals surface area contributed by atoms with Crippen LogP contribution in [0.4, 0.5) is 4.79 Å². The Balaban J connectivity index is 0.000000230. The Labute approximate surface area is 347 Å². The molecule has 0 fully saturated rings. The molecule has 0 radical (unpaired) electrons. The highest BCUT2D eigenvalue weighted by Crippen LogP contribution is 2.33. The van der Waals surface area contributed by atoms with Gasteiger partial charge in [0.15, 0.2) is 0 Å². The number of hydrogen-bond acceptors (Lipinski definition) is 9. The second-order valence-corrected chi connectivity index (χ2v) is 17.5. The first-order valence-corrected chi connectivity index (χ1v) is 19.9. The van der Waals surface area contributed by atoms with E-state index in [0.29, 0.717) is 47.5 Å². The fraction of sp³-hybridized carbons (Fsp3) is 0.383. The minimum Gasteiger partial charge on any atom is -0.490 e. The number of fused-ring (bicyclic) bond motifs is 2. The highest BCUT2D eigenvalue weighted by Gasteiger charge is 2.31. The van der Waals surface area contributed by atoms with Crippen LogP contribution in [0.5, 0.6) is 11.5 Å². The van der Waals surface area contributed by atoms with Crippen LogP contribution in [0.25, 0.3) is 44.3 Å². The molecule has 308 valence electrons. The van der Waals surface area contributed by atoms with Gasteiger partial charge < -0.3 is 35.2 Å². The van der Waals surface area contributed by atoms with Gasteiger partial charge in [0, 0.05) is 41.5 Å². The first-order valence-electron chi connectivity index (χ1n) is 19.9. The number of pyridine rings is 2. The lowest BCUT2D eigenvalue weighted by molar-refractivity contribution is 0.0408. The first kappa shape index (κ1) is 43.7. The summed E-state index contributed by atoms with van der Waals surface area (Å²) >= 11 is 0. The Bertz CT molecular complexity index is 2460. The quantitative estimate of drug-likeness (QED) is 0.0882. The van der Waals surface area contributed by atoms with E-state index in [-0.39, 0.29) is 6.61 Å². The number of nitrogens with zero attached hydrogens (tertiary/aromatic N) is 4. The number of alkyl carbamates (subject to hydrolysis) is 1. The van der Waals surface area contributed by atoms with Crippen LogP contribution in [-0.2, 0) is 4.74 Å². The van der Waals surface area contributed by atoms with Crippen molar-refractivity contribution in [1.82, 2.24) is 25.3 Å². The molecule has 59 heavy (non-hydrogen) atoms. The molecule has 0 aliphatic heterocycles. The van der Waals surface area contributed by atoms with Crippen LogP contribution in [0.3, 0.4) is 0 Å². The summed E-state index contributed by atoms with van der Waals surface area (Å²) in [7, 11) is 0. The standard InChI is InChI=1S/C26H32N4O3.C21H24N4O/c1-17(2)14-26(6,30-24(31)33-25(3,4)5)16-32-22-8-7-18(13-19(22)15-27)20-9-11-28-21-10-12-29-23(20)21;1-14(2)11-21(3,23)13-26-19-5-4-15(10-16(19)12-22)17-6-8-24-18-7-9-25-20(17)18/h7-13,17,29H,14,16H2,1-6H3,(H,30,31);4-10,14,25H,11,13,23H2,1-3H3/t26-;21-/m00/s1. The molecule has 6 rings (SSSR count). The maximum atomic E-state index is 12.4. The van der Waals surface area contributed by atoms with Crippen LogP contribution in [0.1, 0.15) is 86.3 Å². The SMILES string of the molecule is CC(C)C[C@@](C)(COc1ccc(-c2ccnc3cc[nH]c23)cc1C#N)NC(=O)OC(C)(C)C.CC(C)C[C@](C)(N)COc1ccc(-c2ccnc3cc[nH]c23)cc1C#N. The smallest absolute Gasteiger partial charge is 0.408 e. The number of benzene rings is 2. The van der Waals surface area contributed by atoms with Gasteiger partial charge in [-0.25, -0.2) is 4.79 Å². The third-order valence-electron chi connectivity index (χ3n) is 9.36. The lowest BCUT2D eigenvalue weighted by atomic mass is 9.91. The first-order chi connectivity index (χ1) is 27.9. The monoisotopic (exact) mass is 796 g/mol. The van der Waals surface area contributed by atoms with E-state index in [1.54, 1.807) is 18.5 Å². The third kappa shape index (κ3) is 11.8. The van der Waals surface area contributed by atoms with Crippen LogP contribution in [0.15, 0.2) is 85.5 Å². The molecule has 6 aromatic rings. The second-order valence-electron chi connectivity index (χ2n) is 17.5. The number of aromatic nitrogens is 4. The Morgan fingerprint density at radius 3 is 1.64 bits per heavy atom. The van der Waals surface area contributed by atoms with Gasteiger partial charge in [-0.2, -0.15) is 10.5 Å². The van der Waals surface area contributed by atoms with E-state index in [1.807, 2.05) is 102 Å². The molecule has 12 nitrogen and oxygen atoms in total. The van der Waals surface area contributed by atoms with E-state index >= 15 is 0 Å². The molecule has 0 saturated carbocycles. The van der Waals surface area contributed by atoms with Crippen molar-refractivity contribution < 1.29 is 19.0 Å². The highest BCUT2D eigenvalue weighted by atomic mass is 16.6. The molecule has 0 unspecified atom stereocenters. The van der Waals surface area contributed by atoms with Crippen molar-refractivity contribution >= 4 is 28.2 Å². The van der Waals surface area contributed by atoms with E-state index in [2.05, 4.69) is 65.1 Å². The fourth-order valence-electron chi connectivity index (χ4n) is 7.29. The predicted octanol–water partition coefficient (Wildman–Crippen LogP) is 10.1. The molecule has 2 atom stereocenters. The molecule has 4 heterocycles. The number of nitriles is 2. The van der Waals surface area contributed by atoms with Gasteiger partial charge in [-0.05, 0) is 119 Å². The summed E-state index contributed by atoms with van der Waals surface area (Å²) in [5.41, 5.74) is 13.0. The molecule has 0 aliphatic rings. The number of amides is 1. The van der Waals surface area contributed by atoms with E-state index in [4.69, 9.17) is 19.9 Å². The van der Waals surface area contributed by atoms with Crippen molar-refractivity contribution in [3.63, 3.8) is 0 Å². The Morgan fingerprint density at radius 1 is 0.729 bits per heavy atom. The Hall–Kier alpha value is -6.37. The summed E-state index contributed by atoms with van der Waals surface area (Å²) in [5.74, 6) is 1.84. The molecule has 1 amide bonds. The van der Waals surface area contributed by atoms with Crippen LogP contribution >= 0.6 is 0 Å². The number of nitrogens with one attached hydrogen (secondary N) is 3. The largest absolute Gasteiger partial charge is 0.490 e. The number of nitrogens with two attached hydrogens (primary N) is 1.